The van der Waals surface area contributed by atoms with Crippen LogP contribution in [0.5, 0.6) is 0 Å². The number of rotatable bonds is 6. The highest BCUT2D eigenvalue weighted by Gasteiger charge is 2.17. The predicted octanol–water partition coefficient (Wildman–Crippen LogP) is 6.63. The average Bonchev–Trinajstić information content (AvgIpc) is 2.99. The molecule has 0 aliphatic rings. The molecule has 0 spiro atoms. The van der Waals surface area contributed by atoms with Crippen molar-refractivity contribution in [2.24, 2.45) is 0 Å². The summed E-state index contributed by atoms with van der Waals surface area (Å²) in [5, 5.41) is 3.96. The van der Waals surface area contributed by atoms with Gasteiger partial charge >= 0.3 is 0 Å². The van der Waals surface area contributed by atoms with Crippen LogP contribution in [-0.4, -0.2) is 15.0 Å². The molecule has 4 heteroatoms. The van der Waals surface area contributed by atoms with Crippen LogP contribution in [0.25, 0.3) is 34.0 Å². The zero-order valence-electron chi connectivity index (χ0n) is 20.1. The molecule has 0 aliphatic carbocycles. The van der Waals surface area contributed by atoms with Crippen molar-refractivity contribution in [2.45, 2.75) is 0 Å². The van der Waals surface area contributed by atoms with Crippen molar-refractivity contribution in [2.75, 3.05) is 0 Å². The lowest BCUT2D eigenvalue weighted by Gasteiger charge is -2.20. The van der Waals surface area contributed by atoms with E-state index in [2.05, 4.69) is 102 Å². The van der Waals surface area contributed by atoms with Crippen molar-refractivity contribution < 1.29 is 0 Å². The normalized spacial score (nSPS) is 10.9. The number of hydrogen-bond acceptors (Lipinski definition) is 3. The molecule has 6 rings (SSSR count). The lowest BCUT2D eigenvalue weighted by Crippen LogP contribution is -2.20. The first-order valence-electron chi connectivity index (χ1n) is 12.2. The third-order valence-electron chi connectivity index (χ3n) is 6.12. The Labute approximate surface area is 218 Å². The molecule has 0 bridgehead atoms. The van der Waals surface area contributed by atoms with E-state index < -0.39 is 7.92 Å². The fourth-order valence-electron chi connectivity index (χ4n) is 4.38. The molecule has 3 nitrogen and oxygen atoms in total. The van der Waals surface area contributed by atoms with Crippen LogP contribution < -0.4 is 15.9 Å². The molecule has 0 saturated heterocycles. The molecule has 6 aromatic rings. The summed E-state index contributed by atoms with van der Waals surface area (Å²) in [7, 11) is -0.681. The van der Waals surface area contributed by atoms with Gasteiger partial charge in [-0.2, -0.15) is 0 Å². The third-order valence-corrected chi connectivity index (χ3v) is 8.54. The van der Waals surface area contributed by atoms with E-state index in [1.54, 1.807) is 6.20 Å². The molecule has 0 fully saturated rings. The number of nitrogens with zero attached hydrogens (tertiary/aromatic N) is 3. The molecule has 176 valence electrons. The topological polar surface area (TPSA) is 38.7 Å². The Kier molecular flexibility index (Phi) is 6.62. The average molecular weight is 494 g/mol. The highest BCUT2D eigenvalue weighted by atomic mass is 31.1. The summed E-state index contributed by atoms with van der Waals surface area (Å²) in [6.07, 6.45) is 1.79. The van der Waals surface area contributed by atoms with E-state index in [0.29, 0.717) is 0 Å². The van der Waals surface area contributed by atoms with E-state index in [9.17, 15) is 0 Å². The molecule has 0 unspecified atom stereocenters. The first kappa shape index (κ1) is 23.0. The van der Waals surface area contributed by atoms with Gasteiger partial charge in [0.05, 0.1) is 28.5 Å². The predicted molar refractivity (Wildman–Crippen MR) is 155 cm³/mol. The van der Waals surface area contributed by atoms with E-state index in [4.69, 9.17) is 9.97 Å². The molecule has 3 aromatic carbocycles. The maximum absolute atomic E-state index is 5.02. The van der Waals surface area contributed by atoms with Crippen molar-refractivity contribution in [1.29, 1.82) is 0 Å². The maximum Gasteiger partial charge on any atom is 0.0894 e. The van der Waals surface area contributed by atoms with Crippen LogP contribution in [0.4, 0.5) is 0 Å². The SMILES string of the molecule is c1ccc(P(c2ccccc2)c2cccc(-c3cccc(-c4cccc(-c5ccccn5)n4)n3)c2)cc1. The Morgan fingerprint density at radius 1 is 0.378 bits per heavy atom. The summed E-state index contributed by atoms with van der Waals surface area (Å²) in [5.74, 6) is 0. The Morgan fingerprint density at radius 3 is 1.49 bits per heavy atom. The Hall–Kier alpha value is -4.46. The standard InChI is InChI=1S/C33H24N3P/c1-3-13-26(14-4-1)37(27-15-5-2-6-16-27)28-17-9-12-25(24-28)29-19-10-21-32(35-29)33-22-11-20-31(36-33)30-18-7-8-23-34-30/h1-24H. The largest absolute Gasteiger partial charge is 0.255 e. The molecular weight excluding hydrogens is 469 g/mol. The van der Waals surface area contributed by atoms with E-state index in [1.165, 1.54) is 15.9 Å². The van der Waals surface area contributed by atoms with Gasteiger partial charge in [0.25, 0.3) is 0 Å². The van der Waals surface area contributed by atoms with Gasteiger partial charge in [-0.05, 0) is 66.3 Å². The number of pyridine rings is 3. The summed E-state index contributed by atoms with van der Waals surface area (Å²) in [5.41, 5.74) is 5.39. The lowest BCUT2D eigenvalue weighted by molar-refractivity contribution is 1.22. The molecule has 0 aliphatic heterocycles. The van der Waals surface area contributed by atoms with Crippen molar-refractivity contribution in [3.05, 3.63) is 146 Å². The van der Waals surface area contributed by atoms with Gasteiger partial charge in [-0.25, -0.2) is 9.97 Å². The van der Waals surface area contributed by atoms with Crippen LogP contribution in [0, 0.1) is 0 Å². The van der Waals surface area contributed by atoms with E-state index >= 15 is 0 Å². The van der Waals surface area contributed by atoms with E-state index in [1.807, 2.05) is 42.5 Å². The monoisotopic (exact) mass is 493 g/mol. The van der Waals surface area contributed by atoms with Crippen molar-refractivity contribution in [3.8, 4) is 34.0 Å². The van der Waals surface area contributed by atoms with Gasteiger partial charge in [-0.1, -0.05) is 97.1 Å². The zero-order chi connectivity index (χ0) is 24.9. The Bertz CT molecular complexity index is 1580. The van der Waals surface area contributed by atoms with Gasteiger partial charge < -0.3 is 0 Å². The van der Waals surface area contributed by atoms with Gasteiger partial charge in [0.2, 0.25) is 0 Å². The second-order valence-corrected chi connectivity index (χ2v) is 10.8. The smallest absolute Gasteiger partial charge is 0.0894 e. The van der Waals surface area contributed by atoms with Crippen molar-refractivity contribution in [1.82, 2.24) is 15.0 Å². The molecule has 3 aromatic heterocycles. The van der Waals surface area contributed by atoms with E-state index in [0.717, 1.165) is 34.0 Å². The van der Waals surface area contributed by atoms with Crippen LogP contribution in [0.3, 0.4) is 0 Å². The molecule has 0 N–H and O–H groups in total. The first-order valence-corrected chi connectivity index (χ1v) is 13.6. The maximum atomic E-state index is 5.02. The minimum atomic E-state index is -0.681. The first-order chi connectivity index (χ1) is 18.3. The molecular formula is C33H24N3P. The van der Waals surface area contributed by atoms with Crippen LogP contribution >= 0.6 is 7.92 Å². The number of benzene rings is 3. The number of hydrogen-bond donors (Lipinski definition) is 0. The van der Waals surface area contributed by atoms with Gasteiger partial charge in [0.15, 0.2) is 0 Å². The fourth-order valence-corrected chi connectivity index (χ4v) is 6.72. The lowest BCUT2D eigenvalue weighted by atomic mass is 10.1. The summed E-state index contributed by atoms with van der Waals surface area (Å²) in [4.78, 5) is 14.3. The minimum absolute atomic E-state index is 0.681. The molecule has 37 heavy (non-hydrogen) atoms. The molecule has 3 heterocycles. The fraction of sp³-hybridized carbons (Fsp3) is 0. The number of aromatic nitrogens is 3. The minimum Gasteiger partial charge on any atom is -0.255 e. The molecule has 0 amide bonds. The van der Waals surface area contributed by atoms with Crippen LogP contribution in [0.15, 0.2) is 146 Å². The molecule has 0 saturated carbocycles. The molecule has 0 radical (unpaired) electrons. The van der Waals surface area contributed by atoms with Gasteiger partial charge in [-0.15, -0.1) is 0 Å². The summed E-state index contributed by atoms with van der Waals surface area (Å²) >= 11 is 0. The second kappa shape index (κ2) is 10.7. The van der Waals surface area contributed by atoms with Gasteiger partial charge in [0, 0.05) is 11.8 Å². The Morgan fingerprint density at radius 2 is 0.865 bits per heavy atom. The van der Waals surface area contributed by atoms with E-state index in [-0.39, 0.29) is 0 Å². The Balaban J connectivity index is 1.38. The van der Waals surface area contributed by atoms with Crippen molar-refractivity contribution in [3.63, 3.8) is 0 Å². The highest BCUT2D eigenvalue weighted by Crippen LogP contribution is 2.34. The summed E-state index contributed by atoms with van der Waals surface area (Å²) < 4.78 is 0. The van der Waals surface area contributed by atoms with Crippen LogP contribution in [-0.2, 0) is 0 Å². The summed E-state index contributed by atoms with van der Waals surface area (Å²) in [6.45, 7) is 0. The van der Waals surface area contributed by atoms with Crippen molar-refractivity contribution >= 4 is 23.8 Å². The van der Waals surface area contributed by atoms with Gasteiger partial charge in [-0.3, -0.25) is 4.98 Å². The zero-order valence-corrected chi connectivity index (χ0v) is 21.0. The second-order valence-electron chi connectivity index (χ2n) is 8.59. The van der Waals surface area contributed by atoms with Crippen LogP contribution in [0.2, 0.25) is 0 Å². The highest BCUT2D eigenvalue weighted by molar-refractivity contribution is 7.79. The summed E-state index contributed by atoms with van der Waals surface area (Å²) in [6, 6.07) is 48.3. The molecule has 0 atom stereocenters. The third kappa shape index (κ3) is 5.09. The van der Waals surface area contributed by atoms with Crippen LogP contribution in [0.1, 0.15) is 0 Å². The quantitative estimate of drug-likeness (QED) is 0.245. The van der Waals surface area contributed by atoms with Gasteiger partial charge in [0.1, 0.15) is 0 Å².